The van der Waals surface area contributed by atoms with Crippen LogP contribution in [0.25, 0.3) is 0 Å². The molecule has 15 heavy (non-hydrogen) atoms. The molecule has 5 nitrogen and oxygen atoms in total. The fourth-order valence-electron chi connectivity index (χ4n) is 1.70. The van der Waals surface area contributed by atoms with Crippen LogP contribution in [0.15, 0.2) is 6.20 Å². The minimum atomic E-state index is 0.0502. The lowest BCUT2D eigenvalue weighted by Gasteiger charge is -2.21. The number of H-pyrrole nitrogens is 1. The van der Waals surface area contributed by atoms with Gasteiger partial charge in [0.05, 0.1) is 11.8 Å². The van der Waals surface area contributed by atoms with E-state index in [1.807, 2.05) is 11.8 Å². The Morgan fingerprint density at radius 2 is 2.47 bits per heavy atom. The number of aryl methyl sites for hydroxylation is 1. The van der Waals surface area contributed by atoms with Gasteiger partial charge in [-0.15, -0.1) is 0 Å². The zero-order valence-corrected chi connectivity index (χ0v) is 8.86. The number of carbonyl (C=O) groups is 1. The van der Waals surface area contributed by atoms with Gasteiger partial charge in [0.25, 0.3) is 5.91 Å². The SMILES string of the molecule is Cc1[nH]ncc1C(=O)N(CCN)C1CC1. The molecule has 3 N–H and O–H groups in total. The van der Waals surface area contributed by atoms with Gasteiger partial charge in [-0.1, -0.05) is 0 Å². The van der Waals surface area contributed by atoms with Crippen molar-refractivity contribution in [1.29, 1.82) is 0 Å². The monoisotopic (exact) mass is 208 g/mol. The van der Waals surface area contributed by atoms with Crippen molar-refractivity contribution in [3.63, 3.8) is 0 Å². The average Bonchev–Trinajstić information content (AvgIpc) is 2.97. The molecule has 0 bridgehead atoms. The predicted octanol–water partition coefficient (Wildman–Crippen LogP) is 0.281. The molecule has 1 aliphatic rings. The van der Waals surface area contributed by atoms with Crippen molar-refractivity contribution in [1.82, 2.24) is 15.1 Å². The molecular formula is C10H16N4O. The predicted molar refractivity (Wildman–Crippen MR) is 56.4 cm³/mol. The van der Waals surface area contributed by atoms with Gasteiger partial charge in [-0.05, 0) is 19.8 Å². The third-order valence-corrected chi connectivity index (χ3v) is 2.68. The van der Waals surface area contributed by atoms with E-state index in [-0.39, 0.29) is 5.91 Å². The van der Waals surface area contributed by atoms with Crippen LogP contribution in [0.3, 0.4) is 0 Å². The van der Waals surface area contributed by atoms with Crippen LogP contribution in [0.2, 0.25) is 0 Å². The molecule has 1 fully saturated rings. The van der Waals surface area contributed by atoms with Gasteiger partial charge < -0.3 is 10.6 Å². The Hall–Kier alpha value is -1.36. The number of aromatic amines is 1. The normalized spacial score (nSPS) is 15.3. The maximum atomic E-state index is 12.1. The molecular weight excluding hydrogens is 192 g/mol. The third-order valence-electron chi connectivity index (χ3n) is 2.68. The van der Waals surface area contributed by atoms with Crippen molar-refractivity contribution >= 4 is 5.91 Å². The zero-order chi connectivity index (χ0) is 10.8. The van der Waals surface area contributed by atoms with Crippen molar-refractivity contribution in [3.8, 4) is 0 Å². The third kappa shape index (κ3) is 2.02. The highest BCUT2D eigenvalue weighted by molar-refractivity contribution is 5.95. The molecule has 2 rings (SSSR count). The Labute approximate surface area is 88.6 Å². The standard InChI is InChI=1S/C10H16N4O/c1-7-9(6-12-13-7)10(15)14(5-4-11)8-2-3-8/h6,8H,2-5,11H2,1H3,(H,12,13). The summed E-state index contributed by atoms with van der Waals surface area (Å²) in [5.41, 5.74) is 6.99. The summed E-state index contributed by atoms with van der Waals surface area (Å²) in [5.74, 6) is 0.0502. The highest BCUT2D eigenvalue weighted by Crippen LogP contribution is 2.28. The van der Waals surface area contributed by atoms with Crippen LogP contribution >= 0.6 is 0 Å². The first-order chi connectivity index (χ1) is 7.24. The Balaban J connectivity index is 2.14. The summed E-state index contributed by atoms with van der Waals surface area (Å²) in [6.07, 6.45) is 3.79. The van der Waals surface area contributed by atoms with Gasteiger partial charge >= 0.3 is 0 Å². The minimum absolute atomic E-state index is 0.0502. The molecule has 5 heteroatoms. The van der Waals surface area contributed by atoms with E-state index >= 15 is 0 Å². The van der Waals surface area contributed by atoms with Gasteiger partial charge in [-0.25, -0.2) is 0 Å². The van der Waals surface area contributed by atoms with E-state index in [1.54, 1.807) is 6.20 Å². The summed E-state index contributed by atoms with van der Waals surface area (Å²) < 4.78 is 0. The van der Waals surface area contributed by atoms with E-state index in [1.165, 1.54) is 0 Å². The average molecular weight is 208 g/mol. The molecule has 1 aromatic rings. The van der Waals surface area contributed by atoms with Crippen molar-refractivity contribution in [2.75, 3.05) is 13.1 Å². The summed E-state index contributed by atoms with van der Waals surface area (Å²) in [7, 11) is 0. The first kappa shape index (κ1) is 10.2. The van der Waals surface area contributed by atoms with Crippen LogP contribution in [0.4, 0.5) is 0 Å². The molecule has 0 unspecified atom stereocenters. The molecule has 1 heterocycles. The topological polar surface area (TPSA) is 75.0 Å². The van der Waals surface area contributed by atoms with Crippen LogP contribution in [0.5, 0.6) is 0 Å². The van der Waals surface area contributed by atoms with Crippen molar-refractivity contribution in [2.45, 2.75) is 25.8 Å². The van der Waals surface area contributed by atoms with E-state index in [0.717, 1.165) is 18.5 Å². The number of nitrogens with two attached hydrogens (primary N) is 1. The highest BCUT2D eigenvalue weighted by atomic mass is 16.2. The van der Waals surface area contributed by atoms with Gasteiger partial charge in [0.15, 0.2) is 0 Å². The Morgan fingerprint density at radius 1 is 1.73 bits per heavy atom. The lowest BCUT2D eigenvalue weighted by atomic mass is 10.2. The summed E-state index contributed by atoms with van der Waals surface area (Å²) in [4.78, 5) is 14.0. The molecule has 0 aliphatic heterocycles. The smallest absolute Gasteiger partial charge is 0.257 e. The molecule has 0 radical (unpaired) electrons. The van der Waals surface area contributed by atoms with Crippen LogP contribution in [-0.2, 0) is 0 Å². The lowest BCUT2D eigenvalue weighted by Crippen LogP contribution is -2.37. The minimum Gasteiger partial charge on any atom is -0.334 e. The second kappa shape index (κ2) is 4.02. The van der Waals surface area contributed by atoms with E-state index < -0.39 is 0 Å². The van der Waals surface area contributed by atoms with Crippen LogP contribution in [0.1, 0.15) is 28.9 Å². The maximum Gasteiger partial charge on any atom is 0.257 e. The molecule has 0 aromatic carbocycles. The number of nitrogens with one attached hydrogen (secondary N) is 1. The number of aromatic nitrogens is 2. The fraction of sp³-hybridized carbons (Fsp3) is 0.600. The van der Waals surface area contributed by atoms with Crippen LogP contribution in [0, 0.1) is 6.92 Å². The number of rotatable bonds is 4. The fourth-order valence-corrected chi connectivity index (χ4v) is 1.70. The van der Waals surface area contributed by atoms with Crippen molar-refractivity contribution in [3.05, 3.63) is 17.5 Å². The Morgan fingerprint density at radius 3 is 2.93 bits per heavy atom. The van der Waals surface area contributed by atoms with Crippen LogP contribution < -0.4 is 5.73 Å². The number of carbonyl (C=O) groups excluding carboxylic acids is 1. The van der Waals surface area contributed by atoms with Crippen LogP contribution in [-0.4, -0.2) is 40.1 Å². The lowest BCUT2D eigenvalue weighted by molar-refractivity contribution is 0.0747. The molecule has 1 aromatic heterocycles. The Kier molecular flexibility index (Phi) is 2.73. The quantitative estimate of drug-likeness (QED) is 0.746. The molecule has 1 amide bonds. The molecule has 0 atom stereocenters. The Bertz CT molecular complexity index is 356. The number of hydrogen-bond acceptors (Lipinski definition) is 3. The summed E-state index contributed by atoms with van der Waals surface area (Å²) in [6.45, 7) is 3.00. The summed E-state index contributed by atoms with van der Waals surface area (Å²) >= 11 is 0. The van der Waals surface area contributed by atoms with E-state index in [4.69, 9.17) is 5.73 Å². The zero-order valence-electron chi connectivity index (χ0n) is 8.86. The summed E-state index contributed by atoms with van der Waals surface area (Å²) in [6, 6.07) is 0.398. The van der Waals surface area contributed by atoms with Crippen molar-refractivity contribution in [2.24, 2.45) is 5.73 Å². The first-order valence-electron chi connectivity index (χ1n) is 5.25. The molecule has 1 saturated carbocycles. The first-order valence-corrected chi connectivity index (χ1v) is 5.25. The maximum absolute atomic E-state index is 12.1. The van der Waals surface area contributed by atoms with Crippen molar-refractivity contribution < 1.29 is 4.79 Å². The van der Waals surface area contributed by atoms with Gasteiger partial charge in [0, 0.05) is 24.8 Å². The number of nitrogens with zero attached hydrogens (tertiary/aromatic N) is 2. The van der Waals surface area contributed by atoms with E-state index in [0.29, 0.717) is 24.7 Å². The van der Waals surface area contributed by atoms with Gasteiger partial charge in [-0.2, -0.15) is 5.10 Å². The number of amides is 1. The van der Waals surface area contributed by atoms with Gasteiger partial charge in [-0.3, -0.25) is 9.89 Å². The molecule has 0 spiro atoms. The largest absolute Gasteiger partial charge is 0.334 e. The number of hydrogen-bond donors (Lipinski definition) is 2. The van der Waals surface area contributed by atoms with Gasteiger partial charge in [0.2, 0.25) is 0 Å². The van der Waals surface area contributed by atoms with E-state index in [9.17, 15) is 4.79 Å². The molecule has 0 saturated heterocycles. The molecule has 1 aliphatic carbocycles. The molecule has 82 valence electrons. The van der Waals surface area contributed by atoms with E-state index in [2.05, 4.69) is 10.2 Å². The second-order valence-corrected chi connectivity index (χ2v) is 3.93. The highest BCUT2D eigenvalue weighted by Gasteiger charge is 2.33. The summed E-state index contributed by atoms with van der Waals surface area (Å²) in [5, 5.41) is 6.64. The second-order valence-electron chi connectivity index (χ2n) is 3.93. The van der Waals surface area contributed by atoms with Gasteiger partial charge in [0.1, 0.15) is 0 Å².